The van der Waals surface area contributed by atoms with Gasteiger partial charge in [-0.3, -0.25) is 4.79 Å². The van der Waals surface area contributed by atoms with Crippen molar-refractivity contribution in [2.45, 2.75) is 38.9 Å². The Morgan fingerprint density at radius 1 is 1.53 bits per heavy atom. The highest BCUT2D eigenvalue weighted by Crippen LogP contribution is 2.37. The molecule has 1 rings (SSSR count). The maximum atomic E-state index is 14.1. The van der Waals surface area contributed by atoms with Crippen molar-refractivity contribution in [3.05, 3.63) is 28.8 Å². The second kappa shape index (κ2) is 5.57. The summed E-state index contributed by atoms with van der Waals surface area (Å²) in [4.78, 5) is 10.9. The van der Waals surface area contributed by atoms with Crippen LogP contribution < -0.4 is 10.5 Å². The van der Waals surface area contributed by atoms with E-state index < -0.39 is 17.7 Å². The van der Waals surface area contributed by atoms with Gasteiger partial charge in [-0.05, 0) is 31.9 Å². The number of aliphatic carboxylic acids is 1. The molecule has 4 nitrogen and oxygen atoms in total. The van der Waals surface area contributed by atoms with Gasteiger partial charge in [0.05, 0.1) is 7.11 Å². The van der Waals surface area contributed by atoms with Crippen LogP contribution in [0.1, 0.15) is 30.5 Å². The van der Waals surface area contributed by atoms with Crippen LogP contribution in [0.5, 0.6) is 5.75 Å². The van der Waals surface area contributed by atoms with Crippen LogP contribution >= 0.6 is 0 Å². The third kappa shape index (κ3) is 3.44. The summed E-state index contributed by atoms with van der Waals surface area (Å²) in [6.45, 7) is 4.68. The van der Waals surface area contributed by atoms with Crippen molar-refractivity contribution in [2.75, 3.05) is 7.11 Å². The molecule has 1 aromatic rings. The van der Waals surface area contributed by atoms with E-state index in [2.05, 4.69) is 0 Å². The smallest absolute Gasteiger partial charge is 0.320 e. The Morgan fingerprint density at radius 2 is 2.11 bits per heavy atom. The third-order valence-corrected chi connectivity index (χ3v) is 3.08. The highest BCUT2D eigenvalue weighted by Gasteiger charge is 2.27. The summed E-state index contributed by atoms with van der Waals surface area (Å²) in [7, 11) is 1.44. The molecule has 0 heterocycles. The molecule has 0 aliphatic heterocycles. The number of methoxy groups -OCH3 is 1. The van der Waals surface area contributed by atoms with Crippen molar-refractivity contribution >= 4 is 5.97 Å². The summed E-state index contributed by atoms with van der Waals surface area (Å²) < 4.78 is 19.4. The Kier molecular flexibility index (Phi) is 4.52. The van der Waals surface area contributed by atoms with Crippen LogP contribution in [0.25, 0.3) is 0 Å². The lowest BCUT2D eigenvalue weighted by Gasteiger charge is -2.23. The van der Waals surface area contributed by atoms with Gasteiger partial charge in [-0.1, -0.05) is 12.1 Å². The lowest BCUT2D eigenvalue weighted by Crippen LogP contribution is -2.32. The van der Waals surface area contributed by atoms with E-state index in [9.17, 15) is 9.18 Å². The van der Waals surface area contributed by atoms with Gasteiger partial charge >= 0.3 is 5.97 Å². The molecule has 1 unspecified atom stereocenters. The number of nitrogens with two attached hydrogens (primary N) is 1. The highest BCUT2D eigenvalue weighted by atomic mass is 19.1. The molecular formula is C14H20FNO3. The second-order valence-electron chi connectivity index (χ2n) is 5.06. The Labute approximate surface area is 112 Å². The molecule has 0 aliphatic carbocycles. The largest absolute Gasteiger partial charge is 0.496 e. The van der Waals surface area contributed by atoms with Crippen molar-refractivity contribution in [1.82, 2.24) is 0 Å². The lowest BCUT2D eigenvalue weighted by atomic mass is 9.91. The fourth-order valence-electron chi connectivity index (χ4n) is 1.99. The normalized spacial score (nSPS) is 13.2. The van der Waals surface area contributed by atoms with Crippen LogP contribution in [0, 0.1) is 6.92 Å². The number of rotatable bonds is 5. The molecular weight excluding hydrogens is 249 g/mol. The first-order valence-corrected chi connectivity index (χ1v) is 6.02. The Bertz CT molecular complexity index is 480. The predicted molar refractivity (Wildman–Crippen MR) is 71.2 cm³/mol. The molecule has 3 N–H and O–H groups in total. The number of alkyl halides is 1. The van der Waals surface area contributed by atoms with Crippen LogP contribution in [0.15, 0.2) is 12.1 Å². The number of carbonyl (C=O) groups is 1. The first-order chi connectivity index (χ1) is 8.68. The first-order valence-electron chi connectivity index (χ1n) is 6.02. The van der Waals surface area contributed by atoms with E-state index >= 15 is 0 Å². The van der Waals surface area contributed by atoms with Crippen molar-refractivity contribution < 1.29 is 19.0 Å². The van der Waals surface area contributed by atoms with Crippen molar-refractivity contribution in [1.29, 1.82) is 0 Å². The van der Waals surface area contributed by atoms with E-state index in [1.165, 1.54) is 21.0 Å². The Morgan fingerprint density at radius 3 is 2.53 bits per heavy atom. The van der Waals surface area contributed by atoms with Crippen LogP contribution in [-0.4, -0.2) is 24.2 Å². The van der Waals surface area contributed by atoms with Gasteiger partial charge in [-0.2, -0.15) is 0 Å². The molecule has 1 atom stereocenters. The van der Waals surface area contributed by atoms with Crippen molar-refractivity contribution in [3.8, 4) is 5.75 Å². The van der Waals surface area contributed by atoms with Gasteiger partial charge in [0, 0.05) is 12.0 Å². The van der Waals surface area contributed by atoms with E-state index in [0.717, 1.165) is 5.56 Å². The standard InChI is InChI=1S/C14H20FNO3/c1-8-5-6-10(14(2,3)15)12(19-4)9(8)7-11(16)13(17)18/h5-6,11H,7,16H2,1-4H3,(H,17,18). The summed E-state index contributed by atoms with van der Waals surface area (Å²) in [6, 6.07) is 2.37. The summed E-state index contributed by atoms with van der Waals surface area (Å²) in [6.07, 6.45) is 0.105. The Hall–Kier alpha value is -1.62. The van der Waals surface area contributed by atoms with Crippen molar-refractivity contribution in [2.24, 2.45) is 5.73 Å². The molecule has 0 fully saturated rings. The summed E-state index contributed by atoms with van der Waals surface area (Å²) in [5, 5.41) is 8.89. The van der Waals surface area contributed by atoms with E-state index in [1.807, 2.05) is 6.92 Å². The number of carboxylic acids is 1. The SMILES string of the molecule is COc1c(C(C)(C)F)ccc(C)c1CC(N)C(=O)O. The second-order valence-corrected chi connectivity index (χ2v) is 5.06. The van der Waals surface area contributed by atoms with Gasteiger partial charge in [0.15, 0.2) is 0 Å². The van der Waals surface area contributed by atoms with Gasteiger partial charge in [-0.25, -0.2) is 4.39 Å². The van der Waals surface area contributed by atoms with E-state index in [4.69, 9.17) is 15.6 Å². The number of halogens is 1. The van der Waals surface area contributed by atoms with Gasteiger partial charge in [0.25, 0.3) is 0 Å². The number of benzene rings is 1. The van der Waals surface area contributed by atoms with Gasteiger partial charge in [0.2, 0.25) is 0 Å². The van der Waals surface area contributed by atoms with E-state index in [-0.39, 0.29) is 6.42 Å². The van der Waals surface area contributed by atoms with Crippen molar-refractivity contribution in [3.63, 3.8) is 0 Å². The molecule has 0 saturated heterocycles. The molecule has 19 heavy (non-hydrogen) atoms. The summed E-state index contributed by atoms with van der Waals surface area (Å²) >= 11 is 0. The molecule has 0 radical (unpaired) electrons. The lowest BCUT2D eigenvalue weighted by molar-refractivity contribution is -0.138. The van der Waals surface area contributed by atoms with E-state index in [0.29, 0.717) is 16.9 Å². The topological polar surface area (TPSA) is 72.5 Å². The van der Waals surface area contributed by atoms with E-state index in [1.54, 1.807) is 12.1 Å². The van der Waals surface area contributed by atoms with Crippen LogP contribution in [0.2, 0.25) is 0 Å². The minimum atomic E-state index is -1.57. The fraction of sp³-hybridized carbons (Fsp3) is 0.500. The monoisotopic (exact) mass is 269 g/mol. The number of carboxylic acid groups (broad SMARTS) is 1. The Balaban J connectivity index is 3.33. The van der Waals surface area contributed by atoms with Crippen LogP contribution in [-0.2, 0) is 16.9 Å². The number of hydrogen-bond acceptors (Lipinski definition) is 3. The summed E-state index contributed by atoms with van der Waals surface area (Å²) in [5.41, 5.74) is 5.85. The van der Waals surface area contributed by atoms with Gasteiger partial charge in [0.1, 0.15) is 17.5 Å². The average molecular weight is 269 g/mol. The number of aryl methyl sites for hydroxylation is 1. The average Bonchev–Trinajstić information content (AvgIpc) is 2.29. The highest BCUT2D eigenvalue weighted by molar-refractivity contribution is 5.74. The third-order valence-electron chi connectivity index (χ3n) is 3.08. The molecule has 1 aromatic carbocycles. The first kappa shape index (κ1) is 15.4. The van der Waals surface area contributed by atoms with Gasteiger partial charge in [-0.15, -0.1) is 0 Å². The molecule has 5 heteroatoms. The zero-order valence-electron chi connectivity index (χ0n) is 11.7. The number of hydrogen-bond donors (Lipinski definition) is 2. The molecule has 106 valence electrons. The minimum absolute atomic E-state index is 0.105. The zero-order chi connectivity index (χ0) is 14.8. The quantitative estimate of drug-likeness (QED) is 0.859. The maximum absolute atomic E-state index is 14.1. The molecule has 0 spiro atoms. The van der Waals surface area contributed by atoms with Crippen LogP contribution in [0.4, 0.5) is 4.39 Å². The summed E-state index contributed by atoms with van der Waals surface area (Å²) in [5.74, 6) is -0.712. The predicted octanol–water partition coefficient (Wildman–Crippen LogP) is 2.16. The fourth-order valence-corrected chi connectivity index (χ4v) is 1.99. The van der Waals surface area contributed by atoms with Gasteiger partial charge < -0.3 is 15.6 Å². The minimum Gasteiger partial charge on any atom is -0.496 e. The molecule has 0 aromatic heterocycles. The zero-order valence-corrected chi connectivity index (χ0v) is 11.7. The number of ether oxygens (including phenoxy) is 1. The molecule has 0 aliphatic rings. The molecule has 0 saturated carbocycles. The van der Waals surface area contributed by atoms with Crippen LogP contribution in [0.3, 0.4) is 0 Å². The maximum Gasteiger partial charge on any atom is 0.320 e. The molecule has 0 bridgehead atoms. The molecule has 0 amide bonds.